The van der Waals surface area contributed by atoms with E-state index in [9.17, 15) is 18.4 Å². The maximum Gasteiger partial charge on any atom is 0.349 e. The molecule has 1 atom stereocenters. The van der Waals surface area contributed by atoms with Gasteiger partial charge in [0.15, 0.2) is 17.2 Å². The molecule has 44 heavy (non-hydrogen) atoms. The Bertz CT molecular complexity index is 1510. The number of esters is 1. The largest absolute Gasteiger partial charge is 0.476 e. The first-order chi connectivity index (χ1) is 20.9. The number of halogens is 4. The fourth-order valence-electron chi connectivity index (χ4n) is 6.15. The number of nitrogens with one attached hydrogen (secondary N) is 3. The highest BCUT2D eigenvalue weighted by Crippen LogP contribution is 2.49. The molecule has 1 saturated carbocycles. The van der Waals surface area contributed by atoms with E-state index in [0.717, 1.165) is 50.3 Å². The molecule has 1 unspecified atom stereocenters. The van der Waals surface area contributed by atoms with Crippen molar-refractivity contribution in [2.45, 2.75) is 64.1 Å². The van der Waals surface area contributed by atoms with E-state index in [1.807, 2.05) is 0 Å². The van der Waals surface area contributed by atoms with Crippen molar-refractivity contribution in [3.63, 3.8) is 0 Å². The molecule has 1 heterocycles. The lowest BCUT2D eigenvalue weighted by atomic mass is 9.71. The van der Waals surface area contributed by atoms with Gasteiger partial charge in [-0.2, -0.15) is 0 Å². The normalized spacial score (nSPS) is 16.7. The summed E-state index contributed by atoms with van der Waals surface area (Å²) in [5.74, 6) is -4.83. The van der Waals surface area contributed by atoms with Crippen molar-refractivity contribution in [1.82, 2.24) is 0 Å². The van der Waals surface area contributed by atoms with Gasteiger partial charge < -0.3 is 25.4 Å². The van der Waals surface area contributed by atoms with Crippen LogP contribution in [0.2, 0.25) is 5.02 Å². The predicted octanol–water partition coefficient (Wildman–Crippen LogP) is 8.00. The molecule has 1 amide bonds. The van der Waals surface area contributed by atoms with Gasteiger partial charge in [0, 0.05) is 23.2 Å². The molecule has 0 radical (unpaired) electrons. The SMILES string of the molecule is CCOC(=O)C(C)(C)Oc1ccc(NC(=O)C(C2CCCCC2)C2(c3ccc(Cl)cc3)Nc3cc(F)c(F)cc3N2)c(F)c1. The highest BCUT2D eigenvalue weighted by atomic mass is 35.5. The minimum absolute atomic E-state index is 0.0821. The molecule has 0 spiro atoms. The van der Waals surface area contributed by atoms with E-state index >= 15 is 4.39 Å². The summed E-state index contributed by atoms with van der Waals surface area (Å²) >= 11 is 6.20. The second kappa shape index (κ2) is 12.6. The average molecular weight is 630 g/mol. The summed E-state index contributed by atoms with van der Waals surface area (Å²) in [6.07, 6.45) is 4.28. The van der Waals surface area contributed by atoms with E-state index in [-0.39, 0.29) is 24.0 Å². The van der Waals surface area contributed by atoms with E-state index in [4.69, 9.17) is 21.1 Å². The monoisotopic (exact) mass is 629 g/mol. The summed E-state index contributed by atoms with van der Waals surface area (Å²) in [7, 11) is 0. The van der Waals surface area contributed by atoms with Crippen molar-refractivity contribution in [3.8, 4) is 5.75 Å². The number of carbonyl (C=O) groups is 2. The number of benzene rings is 3. The number of anilines is 3. The van der Waals surface area contributed by atoms with Gasteiger partial charge in [0.25, 0.3) is 0 Å². The fraction of sp³-hybridized carbons (Fsp3) is 0.394. The third kappa shape index (κ3) is 6.31. The van der Waals surface area contributed by atoms with Crippen LogP contribution in [-0.4, -0.2) is 24.1 Å². The van der Waals surface area contributed by atoms with Crippen LogP contribution in [-0.2, 0) is 20.0 Å². The second-order valence-corrected chi connectivity index (χ2v) is 12.2. The van der Waals surface area contributed by atoms with Gasteiger partial charge in [0.1, 0.15) is 17.2 Å². The zero-order chi connectivity index (χ0) is 31.6. The second-order valence-electron chi connectivity index (χ2n) is 11.7. The minimum Gasteiger partial charge on any atom is -0.476 e. The van der Waals surface area contributed by atoms with Gasteiger partial charge in [-0.25, -0.2) is 18.0 Å². The molecule has 3 N–H and O–H groups in total. The quantitative estimate of drug-likeness (QED) is 0.208. The zero-order valence-corrected chi connectivity index (χ0v) is 25.5. The first-order valence-electron chi connectivity index (χ1n) is 14.7. The summed E-state index contributed by atoms with van der Waals surface area (Å²) in [4.78, 5) is 26.6. The van der Waals surface area contributed by atoms with Crippen LogP contribution in [0.3, 0.4) is 0 Å². The van der Waals surface area contributed by atoms with Crippen molar-refractivity contribution in [3.05, 3.63) is 82.6 Å². The lowest BCUT2D eigenvalue weighted by Gasteiger charge is -2.43. The Morgan fingerprint density at radius 3 is 2.14 bits per heavy atom. The first kappa shape index (κ1) is 31.5. The summed E-state index contributed by atoms with van der Waals surface area (Å²) in [6.45, 7) is 4.87. The van der Waals surface area contributed by atoms with Gasteiger partial charge in [-0.1, -0.05) is 43.0 Å². The van der Waals surface area contributed by atoms with E-state index in [2.05, 4.69) is 16.0 Å². The molecule has 3 aromatic carbocycles. The molecular formula is C33H35ClF3N3O4. The van der Waals surface area contributed by atoms with Gasteiger partial charge in [0.05, 0.1) is 29.6 Å². The third-order valence-corrected chi connectivity index (χ3v) is 8.48. The average Bonchev–Trinajstić information content (AvgIpc) is 3.34. The Kier molecular flexibility index (Phi) is 9.02. The van der Waals surface area contributed by atoms with Crippen LogP contribution in [0.25, 0.3) is 0 Å². The van der Waals surface area contributed by atoms with E-state index in [0.29, 0.717) is 22.0 Å². The molecule has 0 saturated heterocycles. The van der Waals surface area contributed by atoms with E-state index in [1.165, 1.54) is 26.0 Å². The highest BCUT2D eigenvalue weighted by Gasteiger charge is 2.52. The Labute approximate surface area is 259 Å². The van der Waals surface area contributed by atoms with Crippen molar-refractivity contribution < 1.29 is 32.2 Å². The van der Waals surface area contributed by atoms with Gasteiger partial charge in [0.2, 0.25) is 5.91 Å². The summed E-state index contributed by atoms with van der Waals surface area (Å²) in [5, 5.41) is 9.85. The van der Waals surface area contributed by atoms with E-state index in [1.54, 1.807) is 31.2 Å². The van der Waals surface area contributed by atoms with Crippen LogP contribution < -0.4 is 20.7 Å². The van der Waals surface area contributed by atoms with Crippen LogP contribution >= 0.6 is 11.6 Å². The lowest BCUT2D eigenvalue weighted by molar-refractivity contribution is -0.158. The Morgan fingerprint density at radius 2 is 1.57 bits per heavy atom. The summed E-state index contributed by atoms with van der Waals surface area (Å²) in [5.41, 5.74) is -1.57. The molecule has 0 bridgehead atoms. The molecule has 3 aromatic rings. The van der Waals surface area contributed by atoms with Crippen LogP contribution in [0.5, 0.6) is 5.75 Å². The molecule has 1 aliphatic carbocycles. The van der Waals surface area contributed by atoms with Crippen molar-refractivity contribution in [2.75, 3.05) is 22.6 Å². The third-order valence-electron chi connectivity index (χ3n) is 8.23. The molecule has 5 rings (SSSR count). The van der Waals surface area contributed by atoms with Crippen LogP contribution in [0.1, 0.15) is 58.4 Å². The van der Waals surface area contributed by atoms with Gasteiger partial charge in [-0.15, -0.1) is 0 Å². The highest BCUT2D eigenvalue weighted by molar-refractivity contribution is 6.30. The number of carbonyl (C=O) groups excluding carboxylic acids is 2. The maximum atomic E-state index is 15.4. The number of hydrogen-bond acceptors (Lipinski definition) is 6. The summed E-state index contributed by atoms with van der Waals surface area (Å²) in [6, 6.07) is 12.9. The summed E-state index contributed by atoms with van der Waals surface area (Å²) < 4.78 is 54.8. The molecular weight excluding hydrogens is 595 g/mol. The Hall–Kier alpha value is -3.92. The fourth-order valence-corrected chi connectivity index (χ4v) is 6.27. The topological polar surface area (TPSA) is 88.7 Å². The smallest absolute Gasteiger partial charge is 0.349 e. The Morgan fingerprint density at radius 1 is 0.955 bits per heavy atom. The minimum atomic E-state index is -1.36. The number of amides is 1. The molecule has 234 valence electrons. The number of fused-ring (bicyclic) bond motifs is 1. The van der Waals surface area contributed by atoms with Gasteiger partial charge in [-0.05, 0) is 69.4 Å². The molecule has 7 nitrogen and oxygen atoms in total. The molecule has 1 fully saturated rings. The Balaban J connectivity index is 1.51. The molecule has 1 aliphatic heterocycles. The maximum absolute atomic E-state index is 15.4. The van der Waals surface area contributed by atoms with Crippen LogP contribution in [0.4, 0.5) is 30.2 Å². The first-order valence-corrected chi connectivity index (χ1v) is 15.1. The standard InChI is InChI=1S/C33H35ClF3N3O4/c1-4-43-31(42)32(2,3)44-22-14-15-26(25(37)16-22)38-30(41)29(19-8-6-5-7-9-19)33(20-10-12-21(34)13-11-20)39-27-17-23(35)24(36)18-28(27)40-33/h10-19,29,39-40H,4-9H2,1-3H3,(H,38,41). The van der Waals surface area contributed by atoms with Gasteiger partial charge >= 0.3 is 5.97 Å². The zero-order valence-electron chi connectivity index (χ0n) is 24.7. The van der Waals surface area contributed by atoms with Crippen LogP contribution in [0.15, 0.2) is 54.6 Å². The van der Waals surface area contributed by atoms with Crippen molar-refractivity contribution >= 4 is 40.5 Å². The number of hydrogen-bond donors (Lipinski definition) is 3. The van der Waals surface area contributed by atoms with Crippen molar-refractivity contribution in [2.24, 2.45) is 11.8 Å². The number of ether oxygens (including phenoxy) is 2. The predicted molar refractivity (Wildman–Crippen MR) is 163 cm³/mol. The molecule has 2 aliphatic rings. The number of rotatable bonds is 9. The lowest BCUT2D eigenvalue weighted by Crippen LogP contribution is -2.54. The van der Waals surface area contributed by atoms with Crippen LogP contribution in [0, 0.1) is 29.3 Å². The van der Waals surface area contributed by atoms with Gasteiger partial charge in [-0.3, -0.25) is 4.79 Å². The molecule has 11 heteroatoms. The van der Waals surface area contributed by atoms with E-state index < -0.39 is 46.5 Å². The molecule has 0 aromatic heterocycles. The van der Waals surface area contributed by atoms with Crippen molar-refractivity contribution in [1.29, 1.82) is 0 Å².